The lowest BCUT2D eigenvalue weighted by Gasteiger charge is -2.24. The SMILES string of the molecule is CN=C(NCc1cccc(NC(=O)C2CCC2)c1)NCc1oc2ccccc2c1C. The Balaban J connectivity index is 1.32. The summed E-state index contributed by atoms with van der Waals surface area (Å²) in [5.74, 6) is 1.90. The molecule has 3 N–H and O–H groups in total. The zero-order chi connectivity index (χ0) is 20.9. The number of nitrogens with zero attached hydrogens (tertiary/aromatic N) is 1. The lowest BCUT2D eigenvalue weighted by molar-refractivity contribution is -0.122. The second-order valence-corrected chi connectivity index (χ2v) is 7.74. The van der Waals surface area contributed by atoms with E-state index in [1.54, 1.807) is 7.05 Å². The summed E-state index contributed by atoms with van der Waals surface area (Å²) in [5.41, 5.74) is 3.95. The molecule has 0 bridgehead atoms. The number of hydrogen-bond acceptors (Lipinski definition) is 3. The first-order chi connectivity index (χ1) is 14.6. The molecule has 156 valence electrons. The topological polar surface area (TPSA) is 78.7 Å². The Hall–Kier alpha value is -3.28. The van der Waals surface area contributed by atoms with Gasteiger partial charge in [-0.2, -0.15) is 0 Å². The average Bonchev–Trinajstić information content (AvgIpc) is 3.03. The number of carbonyl (C=O) groups is 1. The van der Waals surface area contributed by atoms with E-state index in [0.717, 1.165) is 52.8 Å². The van der Waals surface area contributed by atoms with Gasteiger partial charge in [0.2, 0.25) is 5.91 Å². The van der Waals surface area contributed by atoms with Gasteiger partial charge in [-0.3, -0.25) is 9.79 Å². The predicted octanol–water partition coefficient (Wildman–Crippen LogP) is 4.35. The molecule has 6 nitrogen and oxygen atoms in total. The Morgan fingerprint density at radius 3 is 2.63 bits per heavy atom. The van der Waals surface area contributed by atoms with Gasteiger partial charge in [-0.1, -0.05) is 36.8 Å². The summed E-state index contributed by atoms with van der Waals surface area (Å²) < 4.78 is 5.96. The normalized spacial score (nSPS) is 14.4. The van der Waals surface area contributed by atoms with E-state index >= 15 is 0 Å². The highest BCUT2D eigenvalue weighted by Gasteiger charge is 2.25. The highest BCUT2D eigenvalue weighted by molar-refractivity contribution is 5.93. The second-order valence-electron chi connectivity index (χ2n) is 7.74. The van der Waals surface area contributed by atoms with Crippen LogP contribution in [0.4, 0.5) is 5.69 Å². The molecule has 0 radical (unpaired) electrons. The number of amides is 1. The number of furan rings is 1. The number of anilines is 1. The molecule has 1 fully saturated rings. The highest BCUT2D eigenvalue weighted by atomic mass is 16.3. The van der Waals surface area contributed by atoms with Crippen molar-refractivity contribution in [1.82, 2.24) is 10.6 Å². The summed E-state index contributed by atoms with van der Waals surface area (Å²) in [6.45, 7) is 3.23. The third kappa shape index (κ3) is 4.48. The molecule has 1 amide bonds. The Labute approximate surface area is 176 Å². The molecule has 1 aromatic heterocycles. The van der Waals surface area contributed by atoms with Crippen molar-refractivity contribution in [2.24, 2.45) is 10.9 Å². The minimum atomic E-state index is 0.130. The molecule has 6 heteroatoms. The maximum absolute atomic E-state index is 12.2. The number of fused-ring (bicyclic) bond motifs is 1. The van der Waals surface area contributed by atoms with Crippen LogP contribution in [0.5, 0.6) is 0 Å². The zero-order valence-electron chi connectivity index (χ0n) is 17.5. The van der Waals surface area contributed by atoms with Crippen molar-refractivity contribution in [3.05, 3.63) is 65.4 Å². The van der Waals surface area contributed by atoms with Gasteiger partial charge in [-0.05, 0) is 43.5 Å². The number of aliphatic imine (C=N–C) groups is 1. The number of hydrogen-bond donors (Lipinski definition) is 3. The van der Waals surface area contributed by atoms with Crippen molar-refractivity contribution >= 4 is 28.5 Å². The van der Waals surface area contributed by atoms with Crippen LogP contribution in [-0.4, -0.2) is 18.9 Å². The molecule has 0 unspecified atom stereocenters. The minimum Gasteiger partial charge on any atom is -0.459 e. The van der Waals surface area contributed by atoms with Crippen LogP contribution in [0, 0.1) is 12.8 Å². The van der Waals surface area contributed by atoms with Crippen LogP contribution in [-0.2, 0) is 17.9 Å². The van der Waals surface area contributed by atoms with Crippen molar-refractivity contribution in [3.8, 4) is 0 Å². The first-order valence-electron chi connectivity index (χ1n) is 10.5. The molecule has 1 aliphatic rings. The number of para-hydroxylation sites is 1. The summed E-state index contributed by atoms with van der Waals surface area (Å²) in [5, 5.41) is 10.8. The van der Waals surface area contributed by atoms with Gasteiger partial charge in [0.25, 0.3) is 0 Å². The van der Waals surface area contributed by atoms with E-state index in [2.05, 4.69) is 33.9 Å². The van der Waals surface area contributed by atoms with Crippen LogP contribution in [0.1, 0.15) is 36.1 Å². The van der Waals surface area contributed by atoms with Gasteiger partial charge in [0.15, 0.2) is 5.96 Å². The summed E-state index contributed by atoms with van der Waals surface area (Å²) in [6.07, 6.45) is 3.15. The molecular weight excluding hydrogens is 376 g/mol. The number of aryl methyl sites for hydroxylation is 1. The fourth-order valence-corrected chi connectivity index (χ4v) is 3.64. The van der Waals surface area contributed by atoms with E-state index in [0.29, 0.717) is 19.0 Å². The summed E-state index contributed by atoms with van der Waals surface area (Å²) >= 11 is 0. The smallest absolute Gasteiger partial charge is 0.227 e. The quantitative estimate of drug-likeness (QED) is 0.422. The average molecular weight is 405 g/mol. The monoisotopic (exact) mass is 404 g/mol. The molecule has 1 saturated carbocycles. The summed E-state index contributed by atoms with van der Waals surface area (Å²) in [6, 6.07) is 16.0. The van der Waals surface area contributed by atoms with E-state index in [1.807, 2.05) is 42.5 Å². The third-order valence-electron chi connectivity index (χ3n) is 5.71. The lowest BCUT2D eigenvalue weighted by atomic mass is 9.85. The van der Waals surface area contributed by atoms with Gasteiger partial charge < -0.3 is 20.4 Å². The van der Waals surface area contributed by atoms with E-state index in [9.17, 15) is 4.79 Å². The van der Waals surface area contributed by atoms with Gasteiger partial charge in [-0.25, -0.2) is 0 Å². The highest BCUT2D eigenvalue weighted by Crippen LogP contribution is 2.27. The Morgan fingerprint density at radius 2 is 1.90 bits per heavy atom. The molecule has 30 heavy (non-hydrogen) atoms. The molecule has 1 heterocycles. The van der Waals surface area contributed by atoms with Crippen LogP contribution in [0.3, 0.4) is 0 Å². The molecule has 4 rings (SSSR count). The van der Waals surface area contributed by atoms with Crippen LogP contribution in [0.2, 0.25) is 0 Å². The van der Waals surface area contributed by atoms with Crippen molar-refractivity contribution in [3.63, 3.8) is 0 Å². The largest absolute Gasteiger partial charge is 0.459 e. The third-order valence-corrected chi connectivity index (χ3v) is 5.71. The first kappa shape index (κ1) is 20.0. The van der Waals surface area contributed by atoms with E-state index < -0.39 is 0 Å². The van der Waals surface area contributed by atoms with Crippen molar-refractivity contribution in [1.29, 1.82) is 0 Å². The molecule has 0 spiro atoms. The Morgan fingerprint density at radius 1 is 1.10 bits per heavy atom. The van der Waals surface area contributed by atoms with Crippen LogP contribution in [0.15, 0.2) is 57.9 Å². The molecule has 0 atom stereocenters. The maximum atomic E-state index is 12.2. The predicted molar refractivity (Wildman–Crippen MR) is 120 cm³/mol. The van der Waals surface area contributed by atoms with Gasteiger partial charge >= 0.3 is 0 Å². The maximum Gasteiger partial charge on any atom is 0.227 e. The summed E-state index contributed by atoms with van der Waals surface area (Å²) in [4.78, 5) is 16.5. The fourth-order valence-electron chi connectivity index (χ4n) is 3.64. The number of nitrogens with one attached hydrogen (secondary N) is 3. The number of carbonyl (C=O) groups excluding carboxylic acids is 1. The van der Waals surface area contributed by atoms with E-state index in [-0.39, 0.29) is 11.8 Å². The Bertz CT molecular complexity index is 1070. The van der Waals surface area contributed by atoms with Gasteiger partial charge in [0, 0.05) is 36.1 Å². The van der Waals surface area contributed by atoms with E-state index in [4.69, 9.17) is 4.42 Å². The van der Waals surface area contributed by atoms with Crippen LogP contribution in [0.25, 0.3) is 11.0 Å². The molecule has 0 saturated heterocycles. The number of benzene rings is 2. The van der Waals surface area contributed by atoms with Crippen molar-refractivity contribution in [2.75, 3.05) is 12.4 Å². The Kier molecular flexibility index (Phi) is 6.02. The number of rotatable bonds is 6. The first-order valence-corrected chi connectivity index (χ1v) is 10.5. The van der Waals surface area contributed by atoms with Crippen LogP contribution < -0.4 is 16.0 Å². The molecule has 0 aliphatic heterocycles. The van der Waals surface area contributed by atoms with Gasteiger partial charge in [0.1, 0.15) is 11.3 Å². The van der Waals surface area contributed by atoms with E-state index in [1.165, 1.54) is 0 Å². The van der Waals surface area contributed by atoms with Crippen molar-refractivity contribution < 1.29 is 9.21 Å². The van der Waals surface area contributed by atoms with Crippen molar-refractivity contribution in [2.45, 2.75) is 39.3 Å². The number of guanidine groups is 1. The molecule has 1 aliphatic carbocycles. The lowest BCUT2D eigenvalue weighted by Crippen LogP contribution is -2.36. The van der Waals surface area contributed by atoms with Crippen LogP contribution >= 0.6 is 0 Å². The molecule has 2 aromatic carbocycles. The minimum absolute atomic E-state index is 0.130. The van der Waals surface area contributed by atoms with Gasteiger partial charge in [0.05, 0.1) is 6.54 Å². The second kappa shape index (κ2) is 9.03. The molecule has 3 aromatic rings. The van der Waals surface area contributed by atoms with Gasteiger partial charge in [-0.15, -0.1) is 0 Å². The molecular formula is C24H28N4O2. The summed E-state index contributed by atoms with van der Waals surface area (Å²) in [7, 11) is 1.75. The zero-order valence-corrected chi connectivity index (χ0v) is 17.5. The standard InChI is InChI=1S/C24H28N4O2/c1-16-20-11-3-4-12-21(20)30-22(16)15-27-24(25-2)26-14-17-7-5-10-19(13-17)28-23(29)18-8-6-9-18/h3-5,7,10-13,18H,6,8-9,14-15H2,1-2H3,(H,28,29)(H2,25,26,27). The fraction of sp³-hybridized carbons (Fsp3) is 0.333.